The van der Waals surface area contributed by atoms with Crippen LogP contribution in [0.1, 0.15) is 37.4 Å². The number of hydrogen-bond acceptors (Lipinski definition) is 4. The van der Waals surface area contributed by atoms with Crippen molar-refractivity contribution in [2.75, 3.05) is 20.2 Å². The Kier molecular flexibility index (Phi) is 5.33. The van der Waals surface area contributed by atoms with Crippen LogP contribution in [0.3, 0.4) is 0 Å². The smallest absolute Gasteiger partial charge is 0.307 e. The predicted octanol–water partition coefficient (Wildman–Crippen LogP) is 3.83. The Balaban J connectivity index is 1.41. The number of imidazole rings is 1. The fourth-order valence-corrected chi connectivity index (χ4v) is 5.09. The summed E-state index contributed by atoms with van der Waals surface area (Å²) in [6.07, 6.45) is 7.05. The third-order valence-corrected chi connectivity index (χ3v) is 6.99. The van der Waals surface area contributed by atoms with Crippen molar-refractivity contribution >= 4 is 17.4 Å². The van der Waals surface area contributed by atoms with Crippen LogP contribution < -0.4 is 4.74 Å². The zero-order valence-corrected chi connectivity index (χ0v) is 18.1. The number of carbonyl (C=O) groups is 2. The van der Waals surface area contributed by atoms with Crippen molar-refractivity contribution in [3.05, 3.63) is 54.6 Å². The molecular formula is C25H27N3O4. The molecule has 3 atom stereocenters. The van der Waals surface area contributed by atoms with Crippen LogP contribution in [-0.4, -0.2) is 51.5 Å². The van der Waals surface area contributed by atoms with E-state index < -0.39 is 11.9 Å². The van der Waals surface area contributed by atoms with Crippen molar-refractivity contribution in [1.29, 1.82) is 0 Å². The maximum absolute atomic E-state index is 13.0. The van der Waals surface area contributed by atoms with Crippen LogP contribution >= 0.6 is 0 Å². The number of nitrogens with zero attached hydrogens (tertiary/aromatic N) is 3. The van der Waals surface area contributed by atoms with Gasteiger partial charge in [0.05, 0.1) is 30.7 Å². The highest BCUT2D eigenvalue weighted by Gasteiger charge is 2.44. The van der Waals surface area contributed by atoms with Gasteiger partial charge in [-0.1, -0.05) is 18.2 Å². The molecule has 1 aliphatic heterocycles. The van der Waals surface area contributed by atoms with Gasteiger partial charge in [-0.15, -0.1) is 0 Å². The van der Waals surface area contributed by atoms with Gasteiger partial charge in [-0.25, -0.2) is 4.98 Å². The highest BCUT2D eigenvalue weighted by Crippen LogP contribution is 2.38. The molecule has 1 amide bonds. The summed E-state index contributed by atoms with van der Waals surface area (Å²) in [7, 11) is 1.66. The van der Waals surface area contributed by atoms with Crippen LogP contribution in [0.2, 0.25) is 0 Å². The SMILES string of the molecule is COc1cccc(-c2cccn3c(C4CCCN(C(=O)C5CCC5C(=O)O)C4)ncc23)c1. The molecule has 1 saturated heterocycles. The quantitative estimate of drug-likeness (QED) is 0.661. The first-order valence-corrected chi connectivity index (χ1v) is 11.2. The molecule has 7 heteroatoms. The number of ether oxygens (including phenoxy) is 1. The lowest BCUT2D eigenvalue weighted by Crippen LogP contribution is -2.49. The third kappa shape index (κ3) is 3.51. The van der Waals surface area contributed by atoms with E-state index in [1.54, 1.807) is 7.11 Å². The number of rotatable bonds is 5. The van der Waals surface area contributed by atoms with Gasteiger partial charge in [0, 0.05) is 30.8 Å². The van der Waals surface area contributed by atoms with Crippen molar-refractivity contribution in [2.45, 2.75) is 31.6 Å². The number of carboxylic acid groups (broad SMARTS) is 1. The minimum absolute atomic E-state index is 0.00807. The number of carboxylic acids is 1. The number of aromatic nitrogens is 2. The van der Waals surface area contributed by atoms with E-state index in [0.29, 0.717) is 25.9 Å². The van der Waals surface area contributed by atoms with Crippen molar-refractivity contribution in [2.24, 2.45) is 11.8 Å². The average Bonchev–Trinajstić information content (AvgIpc) is 3.22. The van der Waals surface area contributed by atoms with Gasteiger partial charge >= 0.3 is 5.97 Å². The number of pyridine rings is 1. The van der Waals surface area contributed by atoms with E-state index in [9.17, 15) is 14.7 Å². The highest BCUT2D eigenvalue weighted by molar-refractivity contribution is 5.86. The Morgan fingerprint density at radius 1 is 1.12 bits per heavy atom. The van der Waals surface area contributed by atoms with Crippen molar-refractivity contribution in [3.8, 4) is 16.9 Å². The third-order valence-electron chi connectivity index (χ3n) is 6.99. The van der Waals surface area contributed by atoms with Crippen LogP contribution in [0.25, 0.3) is 16.6 Å². The number of carbonyl (C=O) groups excluding carboxylic acids is 1. The fourth-order valence-electron chi connectivity index (χ4n) is 5.09. The first-order chi connectivity index (χ1) is 15.6. The Morgan fingerprint density at radius 3 is 2.72 bits per heavy atom. The molecule has 2 aromatic heterocycles. The van der Waals surface area contributed by atoms with Gasteiger partial charge in [0.15, 0.2) is 0 Å². The summed E-state index contributed by atoms with van der Waals surface area (Å²) in [4.78, 5) is 31.0. The van der Waals surface area contributed by atoms with Crippen molar-refractivity contribution < 1.29 is 19.4 Å². The minimum atomic E-state index is -0.854. The summed E-state index contributed by atoms with van der Waals surface area (Å²) in [6.45, 7) is 1.28. The van der Waals surface area contributed by atoms with Gasteiger partial charge < -0.3 is 19.1 Å². The van der Waals surface area contributed by atoms with Crippen LogP contribution in [0.4, 0.5) is 0 Å². The highest BCUT2D eigenvalue weighted by atomic mass is 16.5. The van der Waals surface area contributed by atoms with Gasteiger partial charge in [0.2, 0.25) is 5.91 Å². The lowest BCUT2D eigenvalue weighted by atomic mass is 9.72. The molecule has 2 aliphatic rings. The second kappa shape index (κ2) is 8.30. The Bertz CT molecular complexity index is 1170. The van der Waals surface area contributed by atoms with Crippen LogP contribution in [0, 0.1) is 11.8 Å². The van der Waals surface area contributed by atoms with Crippen molar-refractivity contribution in [3.63, 3.8) is 0 Å². The lowest BCUT2D eigenvalue weighted by molar-refractivity contribution is -0.157. The second-order valence-corrected chi connectivity index (χ2v) is 8.78. The first kappa shape index (κ1) is 20.5. The molecule has 3 heterocycles. The summed E-state index contributed by atoms with van der Waals surface area (Å²) in [5, 5.41) is 9.33. The van der Waals surface area contributed by atoms with Gasteiger partial charge in [0.1, 0.15) is 11.6 Å². The summed E-state index contributed by atoms with van der Waals surface area (Å²) >= 11 is 0. The molecule has 0 radical (unpaired) electrons. The molecule has 3 unspecified atom stereocenters. The normalized spacial score (nSPS) is 23.0. The average molecular weight is 434 g/mol. The van der Waals surface area contributed by atoms with Gasteiger partial charge in [0.25, 0.3) is 0 Å². The molecule has 0 spiro atoms. The largest absolute Gasteiger partial charge is 0.497 e. The van der Waals surface area contributed by atoms with Gasteiger partial charge in [-0.05, 0) is 49.4 Å². The Labute approximate surface area is 186 Å². The molecule has 0 bridgehead atoms. The van der Waals surface area contributed by atoms with E-state index in [0.717, 1.165) is 41.1 Å². The van der Waals surface area contributed by atoms with E-state index >= 15 is 0 Å². The Hall–Kier alpha value is -3.35. The molecule has 1 N–H and O–H groups in total. The number of amides is 1. The first-order valence-electron chi connectivity index (χ1n) is 11.2. The monoisotopic (exact) mass is 433 g/mol. The molecule has 1 aromatic carbocycles. The van der Waals surface area contributed by atoms with Gasteiger partial charge in [-0.3, -0.25) is 9.59 Å². The standard InChI is InChI=1S/C25H27N3O4/c1-32-18-7-2-5-16(13-18)19-8-4-12-28-22(19)14-26-23(28)17-6-3-11-27(15-17)24(29)20-9-10-21(20)25(30)31/h2,4-5,7-8,12-14,17,20-21H,3,6,9-11,15H2,1H3,(H,30,31). The van der Waals surface area contributed by atoms with E-state index in [1.165, 1.54) is 0 Å². The van der Waals surface area contributed by atoms with Crippen LogP contribution in [-0.2, 0) is 9.59 Å². The second-order valence-electron chi connectivity index (χ2n) is 8.78. The molecule has 2 fully saturated rings. The zero-order chi connectivity index (χ0) is 22.2. The maximum Gasteiger partial charge on any atom is 0.307 e. The van der Waals surface area contributed by atoms with E-state index in [4.69, 9.17) is 9.72 Å². The molecule has 32 heavy (non-hydrogen) atoms. The lowest BCUT2D eigenvalue weighted by Gasteiger charge is -2.39. The number of aliphatic carboxylic acids is 1. The minimum Gasteiger partial charge on any atom is -0.497 e. The summed E-state index contributed by atoms with van der Waals surface area (Å²) < 4.78 is 7.50. The molecule has 5 rings (SSSR count). The number of methoxy groups -OCH3 is 1. The molecule has 166 valence electrons. The molecule has 7 nitrogen and oxygen atoms in total. The van der Waals surface area contributed by atoms with Gasteiger partial charge in [-0.2, -0.15) is 0 Å². The summed E-state index contributed by atoms with van der Waals surface area (Å²) in [5.41, 5.74) is 3.16. The summed E-state index contributed by atoms with van der Waals surface area (Å²) in [6, 6.07) is 12.1. The molecule has 1 saturated carbocycles. The number of benzene rings is 1. The van der Waals surface area contributed by atoms with Crippen LogP contribution in [0.5, 0.6) is 5.75 Å². The topological polar surface area (TPSA) is 84.1 Å². The number of hydrogen-bond donors (Lipinski definition) is 1. The number of piperidine rings is 1. The summed E-state index contributed by atoms with van der Waals surface area (Å²) in [5.74, 6) is 0.119. The van der Waals surface area contributed by atoms with E-state index in [2.05, 4.69) is 16.5 Å². The van der Waals surface area contributed by atoms with E-state index in [1.807, 2.05) is 41.6 Å². The van der Waals surface area contributed by atoms with Crippen molar-refractivity contribution in [1.82, 2.24) is 14.3 Å². The maximum atomic E-state index is 13.0. The number of fused-ring (bicyclic) bond motifs is 1. The Morgan fingerprint density at radius 2 is 1.97 bits per heavy atom. The zero-order valence-electron chi connectivity index (χ0n) is 18.1. The van der Waals surface area contributed by atoms with Crippen LogP contribution in [0.15, 0.2) is 48.8 Å². The molecule has 1 aliphatic carbocycles. The molecular weight excluding hydrogens is 406 g/mol. The molecule has 3 aromatic rings. The van der Waals surface area contributed by atoms with E-state index in [-0.39, 0.29) is 17.7 Å². The fraction of sp³-hybridized carbons (Fsp3) is 0.400. The predicted molar refractivity (Wildman–Crippen MR) is 120 cm³/mol. The number of likely N-dealkylation sites (tertiary alicyclic amines) is 1.